The molecule has 0 aromatic carbocycles. The molecule has 0 unspecified atom stereocenters. The molecular weight excluding hydrogens is 248 g/mol. The number of hydrogen-bond donors (Lipinski definition) is 2. The van der Waals surface area contributed by atoms with E-state index in [1.54, 1.807) is 10.8 Å². The lowest BCUT2D eigenvalue weighted by Gasteiger charge is -2.08. The standard InChI is InChI=1S/C12H12N4OS/c13-11(18)8-2-1-5-16(8)9-6-10(17)15-12(14-9)7-3-4-7/h1-2,5-7H,3-4H2,(H2,13,18)(H,14,15,17). The number of hydrogen-bond acceptors (Lipinski definition) is 3. The Labute approximate surface area is 109 Å². The molecule has 2 aromatic rings. The Balaban J connectivity index is 2.13. The molecule has 0 amide bonds. The maximum atomic E-state index is 11.6. The van der Waals surface area contributed by atoms with Crippen LogP contribution < -0.4 is 11.3 Å². The van der Waals surface area contributed by atoms with Crippen molar-refractivity contribution in [1.82, 2.24) is 14.5 Å². The van der Waals surface area contributed by atoms with Crippen molar-refractivity contribution in [2.75, 3.05) is 0 Å². The Morgan fingerprint density at radius 2 is 2.33 bits per heavy atom. The molecule has 0 atom stereocenters. The van der Waals surface area contributed by atoms with Crippen LogP contribution in [-0.2, 0) is 0 Å². The van der Waals surface area contributed by atoms with Gasteiger partial charge in [0.1, 0.15) is 16.6 Å². The predicted octanol–water partition coefficient (Wildman–Crippen LogP) is 1.07. The van der Waals surface area contributed by atoms with E-state index in [1.807, 2.05) is 12.1 Å². The molecule has 0 radical (unpaired) electrons. The molecule has 0 saturated heterocycles. The highest BCUT2D eigenvalue weighted by Gasteiger charge is 2.26. The van der Waals surface area contributed by atoms with Gasteiger partial charge in [-0.3, -0.25) is 9.36 Å². The van der Waals surface area contributed by atoms with Crippen LogP contribution in [-0.4, -0.2) is 19.5 Å². The fraction of sp³-hybridized carbons (Fsp3) is 0.250. The largest absolute Gasteiger partial charge is 0.388 e. The van der Waals surface area contributed by atoms with Gasteiger partial charge in [-0.1, -0.05) is 12.2 Å². The van der Waals surface area contributed by atoms with Crippen molar-refractivity contribution in [1.29, 1.82) is 0 Å². The van der Waals surface area contributed by atoms with Gasteiger partial charge in [0.2, 0.25) is 0 Å². The van der Waals surface area contributed by atoms with E-state index in [0.717, 1.165) is 18.7 Å². The van der Waals surface area contributed by atoms with E-state index in [4.69, 9.17) is 18.0 Å². The molecule has 1 fully saturated rings. The average molecular weight is 260 g/mol. The molecule has 0 aliphatic heterocycles. The van der Waals surface area contributed by atoms with Crippen molar-refractivity contribution in [2.45, 2.75) is 18.8 Å². The van der Waals surface area contributed by atoms with Gasteiger partial charge in [-0.15, -0.1) is 0 Å². The van der Waals surface area contributed by atoms with Gasteiger partial charge in [-0.05, 0) is 25.0 Å². The van der Waals surface area contributed by atoms with Crippen molar-refractivity contribution in [2.24, 2.45) is 5.73 Å². The van der Waals surface area contributed by atoms with Crippen LogP contribution in [0.25, 0.3) is 5.82 Å². The average Bonchev–Trinajstić information content (AvgIpc) is 3.05. The third-order valence-corrected chi connectivity index (χ3v) is 3.17. The van der Waals surface area contributed by atoms with E-state index in [0.29, 0.717) is 17.4 Å². The Hall–Kier alpha value is -1.95. The second-order valence-corrected chi connectivity index (χ2v) is 4.83. The SMILES string of the molecule is NC(=S)c1cccn1-c1cc(=O)[nH]c(C2CC2)n1. The summed E-state index contributed by atoms with van der Waals surface area (Å²) >= 11 is 4.98. The van der Waals surface area contributed by atoms with Crippen LogP contribution in [0.5, 0.6) is 0 Å². The molecule has 3 N–H and O–H groups in total. The highest BCUT2D eigenvalue weighted by atomic mass is 32.1. The number of aromatic nitrogens is 3. The van der Waals surface area contributed by atoms with Crippen LogP contribution in [0.3, 0.4) is 0 Å². The van der Waals surface area contributed by atoms with E-state index in [9.17, 15) is 4.79 Å². The zero-order valence-corrected chi connectivity index (χ0v) is 10.4. The van der Waals surface area contributed by atoms with Crippen LogP contribution in [0, 0.1) is 0 Å². The number of thiocarbonyl (C=S) groups is 1. The Morgan fingerprint density at radius 1 is 1.56 bits per heavy atom. The summed E-state index contributed by atoms with van der Waals surface area (Å²) in [7, 11) is 0. The Morgan fingerprint density at radius 3 is 3.00 bits per heavy atom. The van der Waals surface area contributed by atoms with E-state index in [2.05, 4.69) is 9.97 Å². The lowest BCUT2D eigenvalue weighted by Crippen LogP contribution is -2.18. The molecule has 92 valence electrons. The monoisotopic (exact) mass is 260 g/mol. The molecular formula is C12H12N4OS. The molecule has 2 aromatic heterocycles. The van der Waals surface area contributed by atoms with Crippen LogP contribution in [0.4, 0.5) is 0 Å². The summed E-state index contributed by atoms with van der Waals surface area (Å²) in [5, 5.41) is 0. The van der Waals surface area contributed by atoms with Crippen molar-refractivity contribution in [3.05, 3.63) is 46.3 Å². The lowest BCUT2D eigenvalue weighted by molar-refractivity contribution is 0.864. The normalized spacial score (nSPS) is 14.7. The molecule has 3 rings (SSSR count). The van der Waals surface area contributed by atoms with Gasteiger partial charge in [0, 0.05) is 18.2 Å². The zero-order chi connectivity index (χ0) is 12.7. The zero-order valence-electron chi connectivity index (χ0n) is 9.59. The third kappa shape index (κ3) is 1.95. The Kier molecular flexibility index (Phi) is 2.52. The highest BCUT2D eigenvalue weighted by molar-refractivity contribution is 7.80. The summed E-state index contributed by atoms with van der Waals surface area (Å²) in [6, 6.07) is 5.09. The van der Waals surface area contributed by atoms with E-state index >= 15 is 0 Å². The molecule has 5 nitrogen and oxygen atoms in total. The molecule has 18 heavy (non-hydrogen) atoms. The molecule has 2 heterocycles. The van der Waals surface area contributed by atoms with Crippen LogP contribution in [0.2, 0.25) is 0 Å². The first kappa shape index (κ1) is 11.2. The van der Waals surface area contributed by atoms with Gasteiger partial charge in [0.25, 0.3) is 5.56 Å². The number of nitrogens with one attached hydrogen (secondary N) is 1. The van der Waals surface area contributed by atoms with Crippen molar-refractivity contribution in [3.8, 4) is 5.82 Å². The fourth-order valence-corrected chi connectivity index (χ4v) is 2.08. The van der Waals surface area contributed by atoms with Gasteiger partial charge < -0.3 is 10.7 Å². The van der Waals surface area contributed by atoms with Crippen LogP contribution in [0.1, 0.15) is 30.3 Å². The number of nitrogens with zero attached hydrogens (tertiary/aromatic N) is 2. The second kappa shape index (κ2) is 4.06. The minimum Gasteiger partial charge on any atom is -0.388 e. The minimum atomic E-state index is -0.149. The van der Waals surface area contributed by atoms with E-state index in [1.165, 1.54) is 6.07 Å². The maximum Gasteiger partial charge on any atom is 0.253 e. The summed E-state index contributed by atoms with van der Waals surface area (Å²) < 4.78 is 1.74. The van der Waals surface area contributed by atoms with Crippen molar-refractivity contribution in [3.63, 3.8) is 0 Å². The molecule has 6 heteroatoms. The number of nitrogens with two attached hydrogens (primary N) is 1. The molecule has 1 aliphatic rings. The molecule has 0 bridgehead atoms. The predicted molar refractivity (Wildman–Crippen MR) is 72.0 cm³/mol. The summed E-state index contributed by atoms with van der Waals surface area (Å²) in [5.41, 5.74) is 6.18. The highest BCUT2D eigenvalue weighted by Crippen LogP contribution is 2.37. The van der Waals surface area contributed by atoms with Crippen LogP contribution >= 0.6 is 12.2 Å². The summed E-state index contributed by atoms with van der Waals surface area (Å²) in [4.78, 5) is 19.2. The van der Waals surface area contributed by atoms with Gasteiger partial charge >= 0.3 is 0 Å². The third-order valence-electron chi connectivity index (χ3n) is 2.96. The summed E-state index contributed by atoms with van der Waals surface area (Å²) in [5.74, 6) is 1.70. The number of rotatable bonds is 3. The minimum absolute atomic E-state index is 0.149. The van der Waals surface area contributed by atoms with Crippen molar-refractivity contribution >= 4 is 17.2 Å². The topological polar surface area (TPSA) is 76.7 Å². The second-order valence-electron chi connectivity index (χ2n) is 4.39. The van der Waals surface area contributed by atoms with Gasteiger partial charge in [0.15, 0.2) is 0 Å². The fourth-order valence-electron chi connectivity index (χ4n) is 1.92. The first-order chi connectivity index (χ1) is 8.65. The lowest BCUT2D eigenvalue weighted by atomic mass is 10.3. The first-order valence-electron chi connectivity index (χ1n) is 5.74. The summed E-state index contributed by atoms with van der Waals surface area (Å²) in [6.45, 7) is 0. The van der Waals surface area contributed by atoms with Crippen molar-refractivity contribution < 1.29 is 0 Å². The van der Waals surface area contributed by atoms with Gasteiger partial charge in [-0.2, -0.15) is 0 Å². The maximum absolute atomic E-state index is 11.6. The quantitative estimate of drug-likeness (QED) is 0.809. The first-order valence-corrected chi connectivity index (χ1v) is 6.15. The number of aromatic amines is 1. The Bertz CT molecular complexity index is 669. The van der Waals surface area contributed by atoms with E-state index < -0.39 is 0 Å². The molecule has 0 spiro atoms. The summed E-state index contributed by atoms with van der Waals surface area (Å²) in [6.07, 6.45) is 3.97. The van der Waals surface area contributed by atoms with Crippen LogP contribution in [0.15, 0.2) is 29.2 Å². The molecule has 1 saturated carbocycles. The van der Waals surface area contributed by atoms with Gasteiger partial charge in [0.05, 0.1) is 5.69 Å². The number of H-pyrrole nitrogens is 1. The van der Waals surface area contributed by atoms with E-state index in [-0.39, 0.29) is 10.5 Å². The molecule has 1 aliphatic carbocycles. The smallest absolute Gasteiger partial charge is 0.253 e. The van der Waals surface area contributed by atoms with Gasteiger partial charge in [-0.25, -0.2) is 4.98 Å².